The fourth-order valence-electron chi connectivity index (χ4n) is 2.03. The fraction of sp³-hybridized carbons (Fsp3) is 0.429. The average molecular weight is 296 g/mol. The van der Waals surface area contributed by atoms with Gasteiger partial charge in [0.15, 0.2) is 0 Å². The Hall–Kier alpha value is -1.13. The van der Waals surface area contributed by atoms with Gasteiger partial charge < -0.3 is 5.32 Å². The predicted octanol–water partition coefficient (Wildman–Crippen LogP) is 4.49. The van der Waals surface area contributed by atoms with E-state index in [1.54, 1.807) is 11.3 Å². The summed E-state index contributed by atoms with van der Waals surface area (Å²) in [5, 5.41) is 6.05. The molecular weight excluding hydrogens is 278 g/mol. The van der Waals surface area contributed by atoms with Crippen LogP contribution in [0.4, 0.5) is 5.82 Å². The lowest BCUT2D eigenvalue weighted by Crippen LogP contribution is -2.07. The Morgan fingerprint density at radius 1 is 1.37 bits per heavy atom. The van der Waals surface area contributed by atoms with Crippen molar-refractivity contribution in [2.45, 2.75) is 39.7 Å². The first-order valence-electron chi connectivity index (χ1n) is 6.43. The first kappa shape index (κ1) is 14.3. The highest BCUT2D eigenvalue weighted by molar-refractivity contribution is 7.10. The van der Waals surface area contributed by atoms with Crippen molar-refractivity contribution in [1.82, 2.24) is 9.97 Å². The third-order valence-electron chi connectivity index (χ3n) is 3.05. The van der Waals surface area contributed by atoms with Crippen LogP contribution in [-0.4, -0.2) is 9.97 Å². The van der Waals surface area contributed by atoms with E-state index in [0.717, 1.165) is 24.3 Å². The SMILES string of the molecule is CCc1ccsc1CNc1ncnc(Cl)c1C(C)C. The molecule has 0 spiro atoms. The third-order valence-corrected chi connectivity index (χ3v) is 4.31. The molecule has 0 fully saturated rings. The summed E-state index contributed by atoms with van der Waals surface area (Å²) in [5.74, 6) is 1.13. The minimum atomic E-state index is 0.296. The summed E-state index contributed by atoms with van der Waals surface area (Å²) in [6.07, 6.45) is 2.56. The number of halogens is 1. The largest absolute Gasteiger partial charge is 0.365 e. The van der Waals surface area contributed by atoms with Gasteiger partial charge in [-0.15, -0.1) is 11.3 Å². The number of anilines is 1. The molecule has 0 atom stereocenters. The predicted molar refractivity (Wildman–Crippen MR) is 82.2 cm³/mol. The van der Waals surface area contributed by atoms with Crippen LogP contribution in [0.1, 0.15) is 42.7 Å². The summed E-state index contributed by atoms with van der Waals surface area (Å²) < 4.78 is 0. The maximum Gasteiger partial charge on any atom is 0.138 e. The Morgan fingerprint density at radius 2 is 2.16 bits per heavy atom. The van der Waals surface area contributed by atoms with Gasteiger partial charge in [-0.3, -0.25) is 0 Å². The molecule has 2 aromatic rings. The van der Waals surface area contributed by atoms with Crippen molar-refractivity contribution in [3.05, 3.63) is 38.9 Å². The summed E-state index contributed by atoms with van der Waals surface area (Å²) >= 11 is 7.93. The lowest BCUT2D eigenvalue weighted by Gasteiger charge is -2.14. The van der Waals surface area contributed by atoms with Crippen LogP contribution in [0.3, 0.4) is 0 Å². The molecule has 19 heavy (non-hydrogen) atoms. The summed E-state index contributed by atoms with van der Waals surface area (Å²) in [6.45, 7) is 7.15. The fourth-order valence-corrected chi connectivity index (χ4v) is 3.29. The van der Waals surface area contributed by atoms with Gasteiger partial charge >= 0.3 is 0 Å². The van der Waals surface area contributed by atoms with Gasteiger partial charge in [-0.1, -0.05) is 32.4 Å². The van der Waals surface area contributed by atoms with E-state index in [2.05, 4.69) is 47.5 Å². The molecule has 0 aliphatic rings. The highest BCUT2D eigenvalue weighted by Gasteiger charge is 2.13. The Kier molecular flexibility index (Phi) is 4.77. The van der Waals surface area contributed by atoms with E-state index >= 15 is 0 Å². The average Bonchev–Trinajstić information content (AvgIpc) is 2.83. The van der Waals surface area contributed by atoms with E-state index in [0.29, 0.717) is 11.1 Å². The number of hydrogen-bond acceptors (Lipinski definition) is 4. The van der Waals surface area contributed by atoms with Gasteiger partial charge in [0.25, 0.3) is 0 Å². The summed E-state index contributed by atoms with van der Waals surface area (Å²) in [5.41, 5.74) is 2.38. The van der Waals surface area contributed by atoms with Crippen LogP contribution in [-0.2, 0) is 13.0 Å². The first-order valence-corrected chi connectivity index (χ1v) is 7.68. The normalized spacial score (nSPS) is 11.0. The number of aryl methyl sites for hydroxylation is 1. The van der Waals surface area contributed by atoms with E-state index in [1.165, 1.54) is 16.8 Å². The molecule has 1 N–H and O–H groups in total. The molecule has 0 aromatic carbocycles. The zero-order chi connectivity index (χ0) is 13.8. The van der Waals surface area contributed by atoms with Gasteiger partial charge in [-0.05, 0) is 29.3 Å². The molecule has 0 amide bonds. The van der Waals surface area contributed by atoms with Crippen molar-refractivity contribution in [1.29, 1.82) is 0 Å². The zero-order valence-corrected chi connectivity index (χ0v) is 13.0. The summed E-state index contributed by atoms with van der Waals surface area (Å²) in [6, 6.07) is 2.18. The van der Waals surface area contributed by atoms with Crippen LogP contribution < -0.4 is 5.32 Å². The Morgan fingerprint density at radius 3 is 2.84 bits per heavy atom. The molecule has 102 valence electrons. The van der Waals surface area contributed by atoms with Crippen LogP contribution in [0.5, 0.6) is 0 Å². The van der Waals surface area contributed by atoms with Crippen molar-refractivity contribution < 1.29 is 0 Å². The molecule has 5 heteroatoms. The number of rotatable bonds is 5. The number of hydrogen-bond donors (Lipinski definition) is 1. The second-order valence-electron chi connectivity index (χ2n) is 4.66. The first-order chi connectivity index (χ1) is 9.13. The van der Waals surface area contributed by atoms with Gasteiger partial charge in [0.05, 0.1) is 6.54 Å². The lowest BCUT2D eigenvalue weighted by molar-refractivity contribution is 0.844. The van der Waals surface area contributed by atoms with Crippen molar-refractivity contribution >= 4 is 28.8 Å². The minimum Gasteiger partial charge on any atom is -0.365 e. The minimum absolute atomic E-state index is 0.296. The molecule has 0 radical (unpaired) electrons. The highest BCUT2D eigenvalue weighted by Crippen LogP contribution is 2.28. The van der Waals surface area contributed by atoms with Gasteiger partial charge in [0, 0.05) is 10.4 Å². The van der Waals surface area contributed by atoms with Crippen molar-refractivity contribution in [3.63, 3.8) is 0 Å². The molecule has 2 aromatic heterocycles. The molecule has 3 nitrogen and oxygen atoms in total. The molecule has 2 rings (SSSR count). The van der Waals surface area contributed by atoms with Crippen LogP contribution in [0.2, 0.25) is 5.15 Å². The number of aromatic nitrogens is 2. The molecule has 0 saturated heterocycles. The highest BCUT2D eigenvalue weighted by atomic mass is 35.5. The number of nitrogens with zero attached hydrogens (tertiary/aromatic N) is 2. The van der Waals surface area contributed by atoms with Crippen LogP contribution in [0.25, 0.3) is 0 Å². The second-order valence-corrected chi connectivity index (χ2v) is 6.02. The van der Waals surface area contributed by atoms with Crippen molar-refractivity contribution in [2.24, 2.45) is 0 Å². The Bertz CT molecular complexity index is 551. The maximum absolute atomic E-state index is 6.16. The quantitative estimate of drug-likeness (QED) is 0.826. The van der Waals surface area contributed by atoms with Crippen molar-refractivity contribution in [3.8, 4) is 0 Å². The van der Waals surface area contributed by atoms with Gasteiger partial charge in [-0.25, -0.2) is 9.97 Å². The molecule has 0 saturated carbocycles. The van der Waals surface area contributed by atoms with E-state index in [4.69, 9.17) is 11.6 Å². The topological polar surface area (TPSA) is 37.8 Å². The van der Waals surface area contributed by atoms with E-state index in [9.17, 15) is 0 Å². The molecule has 0 bridgehead atoms. The zero-order valence-electron chi connectivity index (χ0n) is 11.4. The van der Waals surface area contributed by atoms with E-state index in [1.807, 2.05) is 0 Å². The summed E-state index contributed by atoms with van der Waals surface area (Å²) in [4.78, 5) is 9.72. The third kappa shape index (κ3) is 3.25. The second kappa shape index (κ2) is 6.35. The van der Waals surface area contributed by atoms with E-state index < -0.39 is 0 Å². The van der Waals surface area contributed by atoms with Crippen LogP contribution in [0, 0.1) is 0 Å². The smallest absolute Gasteiger partial charge is 0.138 e. The molecule has 2 heterocycles. The van der Waals surface area contributed by atoms with Crippen molar-refractivity contribution in [2.75, 3.05) is 5.32 Å². The molecule has 0 aliphatic heterocycles. The van der Waals surface area contributed by atoms with Gasteiger partial charge in [0.1, 0.15) is 17.3 Å². The lowest BCUT2D eigenvalue weighted by atomic mass is 10.1. The van der Waals surface area contributed by atoms with Crippen LogP contribution in [0.15, 0.2) is 17.8 Å². The van der Waals surface area contributed by atoms with E-state index in [-0.39, 0.29) is 0 Å². The Labute approximate surface area is 123 Å². The number of thiophene rings is 1. The molecule has 0 aliphatic carbocycles. The standard InChI is InChI=1S/C14H18ClN3S/c1-4-10-5-6-19-11(10)7-16-14-12(9(2)3)13(15)17-8-18-14/h5-6,8-9H,4,7H2,1-3H3,(H,16,17,18). The van der Waals surface area contributed by atoms with Crippen LogP contribution >= 0.6 is 22.9 Å². The summed E-state index contributed by atoms with van der Waals surface area (Å²) in [7, 11) is 0. The maximum atomic E-state index is 6.16. The van der Waals surface area contributed by atoms with Gasteiger partial charge in [0.2, 0.25) is 0 Å². The molecular formula is C14H18ClN3S. The monoisotopic (exact) mass is 295 g/mol. The number of nitrogens with one attached hydrogen (secondary N) is 1. The molecule has 0 unspecified atom stereocenters. The van der Waals surface area contributed by atoms with Gasteiger partial charge in [-0.2, -0.15) is 0 Å². The Balaban J connectivity index is 2.18.